The van der Waals surface area contributed by atoms with Crippen LogP contribution in [0.4, 0.5) is 5.82 Å². The number of aromatic nitrogens is 1. The summed E-state index contributed by atoms with van der Waals surface area (Å²) in [6.07, 6.45) is 1.80. The Labute approximate surface area is 106 Å². The van der Waals surface area contributed by atoms with E-state index in [1.54, 1.807) is 6.20 Å². The molecule has 2 aromatic rings. The molecule has 1 aliphatic heterocycles. The van der Waals surface area contributed by atoms with Gasteiger partial charge in [-0.15, -0.1) is 0 Å². The van der Waals surface area contributed by atoms with E-state index in [9.17, 15) is 0 Å². The average molecular weight is 242 g/mol. The van der Waals surface area contributed by atoms with E-state index in [-0.39, 0.29) is 0 Å². The second-order valence-corrected chi connectivity index (χ2v) is 4.26. The molecule has 4 nitrogen and oxygen atoms in total. The number of nitrogens with one attached hydrogen (secondary N) is 1. The van der Waals surface area contributed by atoms with Crippen molar-refractivity contribution in [1.29, 1.82) is 0 Å². The normalized spacial score (nSPS) is 12.5. The van der Waals surface area contributed by atoms with Crippen LogP contribution < -0.4 is 14.8 Å². The summed E-state index contributed by atoms with van der Waals surface area (Å²) in [6.45, 7) is 3.08. The molecule has 1 aliphatic rings. The maximum atomic E-state index is 5.34. The predicted octanol–water partition coefficient (Wildman–Crippen LogP) is 2.73. The van der Waals surface area contributed by atoms with E-state index in [1.807, 2.05) is 37.3 Å². The first-order valence-electron chi connectivity index (χ1n) is 5.86. The first kappa shape index (κ1) is 10.9. The third-order valence-corrected chi connectivity index (χ3v) is 2.83. The summed E-state index contributed by atoms with van der Waals surface area (Å²) in [5, 5.41) is 3.29. The van der Waals surface area contributed by atoms with Crippen molar-refractivity contribution in [2.45, 2.75) is 13.5 Å². The topological polar surface area (TPSA) is 43.4 Å². The Kier molecular flexibility index (Phi) is 2.76. The van der Waals surface area contributed by atoms with Crippen molar-refractivity contribution >= 4 is 5.82 Å². The number of pyridine rings is 1. The fourth-order valence-corrected chi connectivity index (χ4v) is 1.88. The molecule has 0 amide bonds. The summed E-state index contributed by atoms with van der Waals surface area (Å²) in [5.74, 6) is 2.51. The summed E-state index contributed by atoms with van der Waals surface area (Å²) < 4.78 is 10.6. The van der Waals surface area contributed by atoms with E-state index in [0.717, 1.165) is 22.9 Å². The molecule has 0 saturated heterocycles. The molecular weight excluding hydrogens is 228 g/mol. The van der Waals surface area contributed by atoms with E-state index in [1.165, 1.54) is 5.56 Å². The van der Waals surface area contributed by atoms with Crippen LogP contribution in [0, 0.1) is 6.92 Å². The molecule has 2 heterocycles. The van der Waals surface area contributed by atoms with Crippen molar-refractivity contribution in [1.82, 2.24) is 4.98 Å². The molecule has 92 valence electrons. The molecule has 0 fully saturated rings. The zero-order valence-electron chi connectivity index (χ0n) is 10.1. The maximum Gasteiger partial charge on any atom is 0.231 e. The number of hydrogen-bond acceptors (Lipinski definition) is 4. The summed E-state index contributed by atoms with van der Waals surface area (Å²) in [6, 6.07) is 9.95. The highest BCUT2D eigenvalue weighted by Gasteiger charge is 2.12. The molecule has 0 atom stereocenters. The third kappa shape index (κ3) is 2.22. The van der Waals surface area contributed by atoms with Crippen LogP contribution in [0.2, 0.25) is 0 Å². The van der Waals surface area contributed by atoms with Gasteiger partial charge >= 0.3 is 0 Å². The lowest BCUT2D eigenvalue weighted by atomic mass is 10.2. The van der Waals surface area contributed by atoms with Crippen LogP contribution in [-0.4, -0.2) is 11.8 Å². The highest BCUT2D eigenvalue weighted by Crippen LogP contribution is 2.32. The molecule has 1 N–H and O–H groups in total. The second kappa shape index (κ2) is 4.56. The molecule has 0 radical (unpaired) electrons. The van der Waals surface area contributed by atoms with Crippen LogP contribution in [-0.2, 0) is 6.54 Å². The minimum Gasteiger partial charge on any atom is -0.454 e. The van der Waals surface area contributed by atoms with Gasteiger partial charge in [0.05, 0.1) is 0 Å². The Balaban J connectivity index is 1.70. The zero-order chi connectivity index (χ0) is 12.4. The van der Waals surface area contributed by atoms with Crippen molar-refractivity contribution in [3.05, 3.63) is 47.7 Å². The number of hydrogen-bond donors (Lipinski definition) is 1. The van der Waals surface area contributed by atoms with Crippen molar-refractivity contribution < 1.29 is 9.47 Å². The van der Waals surface area contributed by atoms with E-state index in [4.69, 9.17) is 9.47 Å². The lowest BCUT2D eigenvalue weighted by Gasteiger charge is -2.07. The van der Waals surface area contributed by atoms with Gasteiger partial charge in [0.15, 0.2) is 11.5 Å². The van der Waals surface area contributed by atoms with Gasteiger partial charge in [0.25, 0.3) is 0 Å². The summed E-state index contributed by atoms with van der Waals surface area (Å²) >= 11 is 0. The number of fused-ring (bicyclic) bond motifs is 1. The van der Waals surface area contributed by atoms with Crippen LogP contribution in [0.25, 0.3) is 0 Å². The Morgan fingerprint density at radius 3 is 2.94 bits per heavy atom. The highest BCUT2D eigenvalue weighted by molar-refractivity contribution is 5.46. The number of nitrogens with zero attached hydrogens (tertiary/aromatic N) is 1. The van der Waals surface area contributed by atoms with Gasteiger partial charge in [-0.2, -0.15) is 0 Å². The first-order valence-corrected chi connectivity index (χ1v) is 5.86. The van der Waals surface area contributed by atoms with Crippen molar-refractivity contribution in [2.24, 2.45) is 0 Å². The van der Waals surface area contributed by atoms with Gasteiger partial charge in [-0.3, -0.25) is 0 Å². The van der Waals surface area contributed by atoms with Crippen LogP contribution in [0.1, 0.15) is 11.1 Å². The smallest absolute Gasteiger partial charge is 0.231 e. The lowest BCUT2D eigenvalue weighted by Crippen LogP contribution is -2.01. The molecule has 0 aliphatic carbocycles. The fourth-order valence-electron chi connectivity index (χ4n) is 1.88. The van der Waals surface area contributed by atoms with Gasteiger partial charge in [-0.1, -0.05) is 6.07 Å². The SMILES string of the molecule is Cc1ccnc(NCc2ccc3c(c2)OCO3)c1. The van der Waals surface area contributed by atoms with E-state index in [0.29, 0.717) is 13.3 Å². The number of aryl methyl sites for hydroxylation is 1. The molecular formula is C14H14N2O2. The minimum absolute atomic E-state index is 0.311. The number of rotatable bonds is 3. The average Bonchev–Trinajstić information content (AvgIpc) is 2.84. The van der Waals surface area contributed by atoms with Crippen LogP contribution >= 0.6 is 0 Å². The third-order valence-electron chi connectivity index (χ3n) is 2.83. The molecule has 4 heteroatoms. The Hall–Kier alpha value is -2.23. The summed E-state index contributed by atoms with van der Waals surface area (Å²) in [7, 11) is 0. The lowest BCUT2D eigenvalue weighted by molar-refractivity contribution is 0.174. The highest BCUT2D eigenvalue weighted by atomic mass is 16.7. The standard InChI is InChI=1S/C14H14N2O2/c1-10-4-5-15-14(6-10)16-8-11-2-3-12-13(7-11)18-9-17-12/h2-7H,8-9H2,1H3,(H,15,16). The Morgan fingerprint density at radius 2 is 2.06 bits per heavy atom. The quantitative estimate of drug-likeness (QED) is 0.898. The van der Waals surface area contributed by atoms with Crippen LogP contribution in [0.3, 0.4) is 0 Å². The second-order valence-electron chi connectivity index (χ2n) is 4.26. The molecule has 3 rings (SSSR count). The monoisotopic (exact) mass is 242 g/mol. The van der Waals surface area contributed by atoms with Gasteiger partial charge in [-0.25, -0.2) is 4.98 Å². The van der Waals surface area contributed by atoms with Gasteiger partial charge in [0, 0.05) is 12.7 Å². The Bertz CT molecular complexity index is 569. The summed E-state index contributed by atoms with van der Waals surface area (Å²) in [5.41, 5.74) is 2.33. The summed E-state index contributed by atoms with van der Waals surface area (Å²) in [4.78, 5) is 4.26. The van der Waals surface area contributed by atoms with Gasteiger partial charge < -0.3 is 14.8 Å². The first-order chi connectivity index (χ1) is 8.81. The number of benzene rings is 1. The van der Waals surface area contributed by atoms with E-state index in [2.05, 4.69) is 10.3 Å². The van der Waals surface area contributed by atoms with E-state index >= 15 is 0 Å². The number of ether oxygens (including phenoxy) is 2. The molecule has 0 unspecified atom stereocenters. The number of anilines is 1. The van der Waals surface area contributed by atoms with Crippen molar-refractivity contribution in [3.8, 4) is 11.5 Å². The van der Waals surface area contributed by atoms with E-state index < -0.39 is 0 Å². The van der Waals surface area contributed by atoms with Crippen molar-refractivity contribution in [2.75, 3.05) is 12.1 Å². The minimum atomic E-state index is 0.311. The van der Waals surface area contributed by atoms with Gasteiger partial charge in [0.2, 0.25) is 6.79 Å². The fraction of sp³-hybridized carbons (Fsp3) is 0.214. The predicted molar refractivity (Wildman–Crippen MR) is 68.9 cm³/mol. The molecule has 1 aromatic carbocycles. The molecule has 0 saturated carbocycles. The van der Waals surface area contributed by atoms with Gasteiger partial charge in [0.1, 0.15) is 5.82 Å². The van der Waals surface area contributed by atoms with Crippen LogP contribution in [0.15, 0.2) is 36.5 Å². The maximum absolute atomic E-state index is 5.34. The van der Waals surface area contributed by atoms with Crippen molar-refractivity contribution in [3.63, 3.8) is 0 Å². The van der Waals surface area contributed by atoms with Crippen LogP contribution in [0.5, 0.6) is 11.5 Å². The molecule has 18 heavy (non-hydrogen) atoms. The molecule has 1 aromatic heterocycles. The Morgan fingerprint density at radius 1 is 1.17 bits per heavy atom. The molecule has 0 bridgehead atoms. The van der Waals surface area contributed by atoms with Gasteiger partial charge in [-0.05, 0) is 42.3 Å². The zero-order valence-corrected chi connectivity index (χ0v) is 10.1. The molecule has 0 spiro atoms. The largest absolute Gasteiger partial charge is 0.454 e.